The van der Waals surface area contributed by atoms with E-state index in [-0.39, 0.29) is 10.8 Å². The standard InChI is InChI=1S/C20H30N4O3S/c1-5-24(6-2)28(26,27)18-14-19(23(4)16-18)20(25)21-12-13-22(3)15-17-10-8-7-9-11-17/h7-11,14,16H,5-6,12-13,15H2,1-4H3,(H,21,25). The fourth-order valence-corrected chi connectivity index (χ4v) is 4.57. The lowest BCUT2D eigenvalue weighted by Crippen LogP contribution is -2.33. The number of benzene rings is 1. The van der Waals surface area contributed by atoms with Gasteiger partial charge in [0, 0.05) is 46.0 Å². The molecule has 154 valence electrons. The van der Waals surface area contributed by atoms with Gasteiger partial charge in [0.25, 0.3) is 5.91 Å². The zero-order valence-corrected chi connectivity index (χ0v) is 17.9. The second-order valence-corrected chi connectivity index (χ2v) is 8.68. The van der Waals surface area contributed by atoms with Gasteiger partial charge in [-0.25, -0.2) is 8.42 Å². The molecule has 0 unspecified atom stereocenters. The molecule has 0 radical (unpaired) electrons. The fourth-order valence-electron chi connectivity index (χ4n) is 3.04. The molecule has 0 saturated heterocycles. The Labute approximate surface area is 168 Å². The molecule has 2 aromatic rings. The lowest BCUT2D eigenvalue weighted by atomic mass is 10.2. The van der Waals surface area contributed by atoms with Gasteiger partial charge in [-0.1, -0.05) is 44.2 Å². The monoisotopic (exact) mass is 406 g/mol. The largest absolute Gasteiger partial charge is 0.349 e. The summed E-state index contributed by atoms with van der Waals surface area (Å²) in [6, 6.07) is 11.6. The second kappa shape index (κ2) is 9.86. The predicted octanol–water partition coefficient (Wildman–Crippen LogP) is 1.92. The highest BCUT2D eigenvalue weighted by molar-refractivity contribution is 7.89. The first kappa shape index (κ1) is 22.1. The molecule has 1 aromatic heterocycles. The van der Waals surface area contributed by atoms with E-state index in [2.05, 4.69) is 22.3 Å². The first-order valence-electron chi connectivity index (χ1n) is 9.46. The van der Waals surface area contributed by atoms with E-state index in [1.807, 2.05) is 25.2 Å². The summed E-state index contributed by atoms with van der Waals surface area (Å²) in [7, 11) is 0.0941. The number of nitrogens with one attached hydrogen (secondary N) is 1. The van der Waals surface area contributed by atoms with E-state index >= 15 is 0 Å². The number of rotatable bonds is 10. The van der Waals surface area contributed by atoms with Gasteiger partial charge in [0.15, 0.2) is 0 Å². The van der Waals surface area contributed by atoms with Crippen molar-refractivity contribution in [3.8, 4) is 0 Å². The Morgan fingerprint density at radius 3 is 2.39 bits per heavy atom. The van der Waals surface area contributed by atoms with Gasteiger partial charge < -0.3 is 14.8 Å². The lowest BCUT2D eigenvalue weighted by molar-refractivity contribution is 0.0941. The summed E-state index contributed by atoms with van der Waals surface area (Å²) in [5.41, 5.74) is 1.54. The molecule has 1 amide bonds. The Morgan fingerprint density at radius 2 is 1.79 bits per heavy atom. The number of hydrogen-bond acceptors (Lipinski definition) is 4. The Bertz CT molecular complexity index is 874. The fraction of sp³-hybridized carbons (Fsp3) is 0.450. The molecule has 0 bridgehead atoms. The van der Waals surface area contributed by atoms with Crippen LogP contribution in [0.1, 0.15) is 29.9 Å². The topological polar surface area (TPSA) is 74.7 Å². The summed E-state index contributed by atoms with van der Waals surface area (Å²) >= 11 is 0. The van der Waals surface area contributed by atoms with Crippen LogP contribution in [0.25, 0.3) is 0 Å². The summed E-state index contributed by atoms with van der Waals surface area (Å²) in [6.45, 7) is 6.34. The molecule has 28 heavy (non-hydrogen) atoms. The highest BCUT2D eigenvalue weighted by Crippen LogP contribution is 2.18. The Hall–Kier alpha value is -2.16. The molecule has 0 atom stereocenters. The van der Waals surface area contributed by atoms with Gasteiger partial charge in [0.1, 0.15) is 10.6 Å². The maximum absolute atomic E-state index is 12.6. The number of sulfonamides is 1. The molecule has 0 aliphatic heterocycles. The normalized spacial score (nSPS) is 11.9. The average molecular weight is 407 g/mol. The van der Waals surface area contributed by atoms with Crippen LogP contribution in [0.5, 0.6) is 0 Å². The minimum atomic E-state index is -3.58. The van der Waals surface area contributed by atoms with Crippen molar-refractivity contribution in [3.05, 3.63) is 53.9 Å². The van der Waals surface area contributed by atoms with Gasteiger partial charge >= 0.3 is 0 Å². The molecular formula is C20H30N4O3S. The van der Waals surface area contributed by atoms with Gasteiger partial charge in [-0.2, -0.15) is 4.31 Å². The number of carbonyl (C=O) groups excluding carboxylic acids is 1. The zero-order valence-electron chi connectivity index (χ0n) is 17.1. The smallest absolute Gasteiger partial charge is 0.267 e. The molecule has 7 nitrogen and oxygen atoms in total. The van der Waals surface area contributed by atoms with Crippen molar-refractivity contribution in [1.29, 1.82) is 0 Å². The second-order valence-electron chi connectivity index (χ2n) is 6.74. The number of aromatic nitrogens is 1. The van der Waals surface area contributed by atoms with Crippen LogP contribution in [0, 0.1) is 0 Å². The molecule has 0 fully saturated rings. The lowest BCUT2D eigenvalue weighted by Gasteiger charge is -2.17. The predicted molar refractivity (Wildman–Crippen MR) is 111 cm³/mol. The van der Waals surface area contributed by atoms with Crippen LogP contribution in [-0.4, -0.2) is 61.3 Å². The third-order valence-electron chi connectivity index (χ3n) is 4.63. The van der Waals surface area contributed by atoms with Crippen molar-refractivity contribution >= 4 is 15.9 Å². The maximum Gasteiger partial charge on any atom is 0.267 e. The third kappa shape index (κ3) is 5.43. The quantitative estimate of drug-likeness (QED) is 0.654. The number of amides is 1. The highest BCUT2D eigenvalue weighted by Gasteiger charge is 2.25. The molecule has 2 rings (SSSR count). The van der Waals surface area contributed by atoms with Gasteiger partial charge in [0.05, 0.1) is 0 Å². The highest BCUT2D eigenvalue weighted by atomic mass is 32.2. The van der Waals surface area contributed by atoms with Crippen LogP contribution in [0.2, 0.25) is 0 Å². The van der Waals surface area contributed by atoms with Crippen LogP contribution >= 0.6 is 0 Å². The molecule has 0 aliphatic carbocycles. The van der Waals surface area contributed by atoms with Crippen LogP contribution < -0.4 is 5.32 Å². The van der Waals surface area contributed by atoms with Gasteiger partial charge in [0.2, 0.25) is 10.0 Å². The molecule has 1 heterocycles. The number of aryl methyl sites for hydroxylation is 1. The van der Waals surface area contributed by atoms with E-state index in [1.54, 1.807) is 25.5 Å². The van der Waals surface area contributed by atoms with E-state index < -0.39 is 10.0 Å². The summed E-state index contributed by atoms with van der Waals surface area (Å²) in [6.07, 6.45) is 1.49. The van der Waals surface area contributed by atoms with E-state index in [9.17, 15) is 13.2 Å². The van der Waals surface area contributed by atoms with E-state index in [4.69, 9.17) is 0 Å². The summed E-state index contributed by atoms with van der Waals surface area (Å²) < 4.78 is 28.2. The van der Waals surface area contributed by atoms with Crippen molar-refractivity contribution in [2.45, 2.75) is 25.3 Å². The van der Waals surface area contributed by atoms with Crippen molar-refractivity contribution in [3.63, 3.8) is 0 Å². The minimum absolute atomic E-state index is 0.144. The van der Waals surface area contributed by atoms with Crippen LogP contribution in [0.3, 0.4) is 0 Å². The van der Waals surface area contributed by atoms with E-state index in [0.717, 1.165) is 6.54 Å². The molecule has 0 spiro atoms. The minimum Gasteiger partial charge on any atom is -0.349 e. The molecule has 0 aliphatic rings. The third-order valence-corrected chi connectivity index (χ3v) is 6.65. The summed E-state index contributed by atoms with van der Waals surface area (Å²) in [5.74, 6) is -0.281. The first-order valence-corrected chi connectivity index (χ1v) is 10.9. The van der Waals surface area contributed by atoms with Crippen molar-refractivity contribution in [2.24, 2.45) is 7.05 Å². The molecule has 0 saturated carbocycles. The maximum atomic E-state index is 12.6. The summed E-state index contributed by atoms with van der Waals surface area (Å²) in [5, 5.41) is 2.87. The van der Waals surface area contributed by atoms with Crippen molar-refractivity contribution in [2.75, 3.05) is 33.2 Å². The SMILES string of the molecule is CCN(CC)S(=O)(=O)c1cc(C(=O)NCCN(C)Cc2ccccc2)n(C)c1. The van der Waals surface area contributed by atoms with Crippen LogP contribution in [0.15, 0.2) is 47.5 Å². The number of carbonyl (C=O) groups is 1. The molecule has 8 heteroatoms. The van der Waals surface area contributed by atoms with Crippen molar-refractivity contribution < 1.29 is 13.2 Å². The van der Waals surface area contributed by atoms with E-state index in [0.29, 0.717) is 31.9 Å². The molecule has 1 aromatic carbocycles. The van der Waals surface area contributed by atoms with Gasteiger partial charge in [-0.05, 0) is 18.7 Å². The molecule has 1 N–H and O–H groups in total. The average Bonchev–Trinajstić information content (AvgIpc) is 3.06. The Balaban J connectivity index is 1.95. The van der Waals surface area contributed by atoms with Gasteiger partial charge in [-0.15, -0.1) is 0 Å². The van der Waals surface area contributed by atoms with Crippen LogP contribution in [0.4, 0.5) is 0 Å². The van der Waals surface area contributed by atoms with Gasteiger partial charge in [-0.3, -0.25) is 4.79 Å². The Morgan fingerprint density at radius 1 is 1.14 bits per heavy atom. The van der Waals surface area contributed by atoms with Crippen molar-refractivity contribution in [1.82, 2.24) is 19.1 Å². The zero-order chi connectivity index (χ0) is 20.7. The Kier molecular flexibility index (Phi) is 7.79. The van der Waals surface area contributed by atoms with Crippen LogP contribution in [-0.2, 0) is 23.6 Å². The number of hydrogen-bond donors (Lipinski definition) is 1. The number of likely N-dealkylation sites (N-methyl/N-ethyl adjacent to an activating group) is 1. The molecular weight excluding hydrogens is 376 g/mol. The first-order chi connectivity index (χ1) is 13.3. The summed E-state index contributed by atoms with van der Waals surface area (Å²) in [4.78, 5) is 14.8. The number of nitrogens with zero attached hydrogens (tertiary/aromatic N) is 3. The van der Waals surface area contributed by atoms with E-state index in [1.165, 1.54) is 22.1 Å².